The second kappa shape index (κ2) is 4.83. The van der Waals surface area contributed by atoms with E-state index in [2.05, 4.69) is 25.0 Å². The minimum absolute atomic E-state index is 0.151. The van der Waals surface area contributed by atoms with Crippen molar-refractivity contribution in [1.82, 2.24) is 20.1 Å². The lowest BCUT2D eigenvalue weighted by Gasteiger charge is -2.43. The maximum absolute atomic E-state index is 5.72. The van der Waals surface area contributed by atoms with Crippen molar-refractivity contribution in [3.05, 3.63) is 5.15 Å². The predicted molar refractivity (Wildman–Crippen MR) is 67.6 cm³/mol. The molecule has 7 nitrogen and oxygen atoms in total. The molecular formula is C10H15ClN6O. The summed E-state index contributed by atoms with van der Waals surface area (Å²) in [7, 11) is 0. The van der Waals surface area contributed by atoms with Crippen LogP contribution in [0.3, 0.4) is 0 Å². The van der Waals surface area contributed by atoms with E-state index in [0.717, 1.165) is 39.4 Å². The van der Waals surface area contributed by atoms with Crippen molar-refractivity contribution < 1.29 is 4.74 Å². The second-order valence-electron chi connectivity index (χ2n) is 4.50. The number of aromatic nitrogens is 3. The fourth-order valence-electron chi connectivity index (χ4n) is 2.38. The first-order valence-electron chi connectivity index (χ1n) is 5.96. The number of hydrogen-bond donors (Lipinski definition) is 1. The lowest BCUT2D eigenvalue weighted by atomic mass is 10.1. The minimum Gasteiger partial charge on any atom is -0.381 e. The van der Waals surface area contributed by atoms with Crippen LogP contribution in [0, 0.1) is 0 Å². The molecule has 3 heterocycles. The number of nitrogen functional groups attached to an aromatic ring is 1. The molecule has 0 radical (unpaired) electrons. The molecule has 0 spiro atoms. The molecule has 2 saturated heterocycles. The van der Waals surface area contributed by atoms with Gasteiger partial charge in [0.15, 0.2) is 11.0 Å². The number of ether oxygens (including phenoxy) is 1. The molecule has 1 aromatic rings. The fourth-order valence-corrected chi connectivity index (χ4v) is 2.46. The predicted octanol–water partition coefficient (Wildman–Crippen LogP) is -0.372. The smallest absolute Gasteiger partial charge is 0.247 e. The number of anilines is 2. The zero-order chi connectivity index (χ0) is 12.5. The van der Waals surface area contributed by atoms with Crippen molar-refractivity contribution in [2.24, 2.45) is 0 Å². The molecule has 0 aliphatic carbocycles. The molecule has 8 heteroatoms. The normalized spacial score (nSPS) is 24.9. The van der Waals surface area contributed by atoms with Crippen molar-refractivity contribution >= 4 is 23.4 Å². The maximum atomic E-state index is 5.72. The van der Waals surface area contributed by atoms with Gasteiger partial charge in [-0.25, -0.2) is 0 Å². The van der Waals surface area contributed by atoms with E-state index < -0.39 is 0 Å². The highest BCUT2D eigenvalue weighted by atomic mass is 35.5. The molecule has 0 saturated carbocycles. The molecule has 2 aliphatic rings. The molecule has 2 aliphatic heterocycles. The second-order valence-corrected chi connectivity index (χ2v) is 4.86. The number of rotatable bonds is 1. The maximum Gasteiger partial charge on any atom is 0.247 e. The summed E-state index contributed by atoms with van der Waals surface area (Å²) in [5, 5.41) is 7.94. The monoisotopic (exact) mass is 270 g/mol. The van der Waals surface area contributed by atoms with Gasteiger partial charge in [-0.05, 0) is 0 Å². The number of fused-ring (bicyclic) bond motifs is 1. The third kappa shape index (κ3) is 2.21. The summed E-state index contributed by atoms with van der Waals surface area (Å²) in [6.07, 6.45) is 0. The number of hydrogen-bond acceptors (Lipinski definition) is 7. The van der Waals surface area contributed by atoms with Crippen molar-refractivity contribution in [3.8, 4) is 0 Å². The van der Waals surface area contributed by atoms with E-state index >= 15 is 0 Å². The average molecular weight is 271 g/mol. The van der Waals surface area contributed by atoms with E-state index in [1.165, 1.54) is 0 Å². The van der Waals surface area contributed by atoms with Gasteiger partial charge >= 0.3 is 0 Å². The number of piperazine rings is 1. The van der Waals surface area contributed by atoms with Gasteiger partial charge < -0.3 is 15.4 Å². The largest absolute Gasteiger partial charge is 0.381 e. The van der Waals surface area contributed by atoms with Gasteiger partial charge in [-0.1, -0.05) is 11.6 Å². The summed E-state index contributed by atoms with van der Waals surface area (Å²) in [5.41, 5.74) is 5.65. The number of morpholine rings is 1. The van der Waals surface area contributed by atoms with E-state index in [0.29, 0.717) is 12.0 Å². The molecule has 0 bridgehead atoms. The zero-order valence-corrected chi connectivity index (χ0v) is 10.7. The molecule has 1 aromatic heterocycles. The summed E-state index contributed by atoms with van der Waals surface area (Å²) in [6.45, 7) is 5.28. The van der Waals surface area contributed by atoms with Crippen LogP contribution in [0.1, 0.15) is 0 Å². The first-order valence-corrected chi connectivity index (χ1v) is 6.34. The Labute approximate surface area is 110 Å². The minimum atomic E-state index is 0.151. The highest BCUT2D eigenvalue weighted by Gasteiger charge is 2.30. The van der Waals surface area contributed by atoms with Gasteiger partial charge in [0, 0.05) is 26.2 Å². The summed E-state index contributed by atoms with van der Waals surface area (Å²) in [5.74, 6) is 0.770. The highest BCUT2D eigenvalue weighted by Crippen LogP contribution is 2.19. The Hall–Kier alpha value is -1.18. The molecule has 3 rings (SSSR count). The summed E-state index contributed by atoms with van der Waals surface area (Å²) in [4.78, 5) is 8.69. The molecule has 1 atom stereocenters. The lowest BCUT2D eigenvalue weighted by Crippen LogP contribution is -2.58. The highest BCUT2D eigenvalue weighted by molar-refractivity contribution is 6.31. The average Bonchev–Trinajstić information content (AvgIpc) is 2.41. The van der Waals surface area contributed by atoms with Gasteiger partial charge in [0.2, 0.25) is 5.95 Å². The van der Waals surface area contributed by atoms with Crippen LogP contribution >= 0.6 is 11.6 Å². The van der Waals surface area contributed by atoms with Gasteiger partial charge in [0.05, 0.1) is 19.3 Å². The van der Waals surface area contributed by atoms with Gasteiger partial charge in [-0.2, -0.15) is 4.98 Å². The zero-order valence-electron chi connectivity index (χ0n) is 9.92. The molecule has 0 aromatic carbocycles. The molecule has 2 N–H and O–H groups in total. The summed E-state index contributed by atoms with van der Waals surface area (Å²) < 4.78 is 5.50. The Morgan fingerprint density at radius 2 is 2.17 bits per heavy atom. The topological polar surface area (TPSA) is 80.4 Å². The van der Waals surface area contributed by atoms with Crippen LogP contribution < -0.4 is 10.6 Å². The SMILES string of the molecule is Nc1nc(N2CCN3CCOCC3C2)nnc1Cl. The number of halogens is 1. The number of nitrogens with zero attached hydrogens (tertiary/aromatic N) is 5. The first-order chi connectivity index (χ1) is 8.74. The van der Waals surface area contributed by atoms with Crippen LogP contribution in [0.25, 0.3) is 0 Å². The standard InChI is InChI=1S/C10H15ClN6O/c11-8-9(12)13-10(15-14-8)17-2-1-16-3-4-18-6-7(16)5-17/h7H,1-6H2,(H2,12,13,15). The third-order valence-corrected chi connectivity index (χ3v) is 3.65. The van der Waals surface area contributed by atoms with Crippen LogP contribution in [-0.4, -0.2) is 65.5 Å². The van der Waals surface area contributed by atoms with E-state index in [4.69, 9.17) is 22.1 Å². The number of nitrogens with two attached hydrogens (primary N) is 1. The quantitative estimate of drug-likeness (QED) is 0.746. The Bertz CT molecular complexity index is 444. The molecule has 98 valence electrons. The molecule has 18 heavy (non-hydrogen) atoms. The van der Waals surface area contributed by atoms with E-state index in [9.17, 15) is 0 Å². The van der Waals surface area contributed by atoms with Crippen molar-refractivity contribution in [1.29, 1.82) is 0 Å². The van der Waals surface area contributed by atoms with Gasteiger partial charge in [0.25, 0.3) is 0 Å². The molecule has 2 fully saturated rings. The van der Waals surface area contributed by atoms with Gasteiger partial charge in [-0.3, -0.25) is 4.90 Å². The van der Waals surface area contributed by atoms with E-state index in [1.54, 1.807) is 0 Å². The fraction of sp³-hybridized carbons (Fsp3) is 0.700. The van der Waals surface area contributed by atoms with Crippen molar-refractivity contribution in [2.75, 3.05) is 50.0 Å². The van der Waals surface area contributed by atoms with E-state index in [1.807, 2.05) is 0 Å². The van der Waals surface area contributed by atoms with Crippen LogP contribution in [0.15, 0.2) is 0 Å². The Kier molecular flexibility index (Phi) is 3.19. The van der Waals surface area contributed by atoms with Crippen LogP contribution in [0.4, 0.5) is 11.8 Å². The lowest BCUT2D eigenvalue weighted by molar-refractivity contribution is -0.0119. The van der Waals surface area contributed by atoms with Gasteiger partial charge in [-0.15, -0.1) is 10.2 Å². The van der Waals surface area contributed by atoms with E-state index in [-0.39, 0.29) is 11.0 Å². The molecule has 0 amide bonds. The summed E-state index contributed by atoms with van der Waals surface area (Å²) >= 11 is 5.72. The first kappa shape index (κ1) is 11.9. The van der Waals surface area contributed by atoms with Crippen molar-refractivity contribution in [3.63, 3.8) is 0 Å². The molecule has 1 unspecified atom stereocenters. The Balaban J connectivity index is 1.75. The Morgan fingerprint density at radius 1 is 1.28 bits per heavy atom. The van der Waals surface area contributed by atoms with Crippen LogP contribution in [0.5, 0.6) is 0 Å². The third-order valence-electron chi connectivity index (χ3n) is 3.38. The molecular weight excluding hydrogens is 256 g/mol. The summed E-state index contributed by atoms with van der Waals surface area (Å²) in [6, 6.07) is 0.396. The van der Waals surface area contributed by atoms with Crippen molar-refractivity contribution in [2.45, 2.75) is 6.04 Å². The van der Waals surface area contributed by atoms with Crippen LogP contribution in [-0.2, 0) is 4.74 Å². The van der Waals surface area contributed by atoms with Crippen LogP contribution in [0.2, 0.25) is 5.15 Å². The Morgan fingerprint density at radius 3 is 3.00 bits per heavy atom. The van der Waals surface area contributed by atoms with Gasteiger partial charge in [0.1, 0.15) is 0 Å².